The summed E-state index contributed by atoms with van der Waals surface area (Å²) in [6, 6.07) is 10.4. The summed E-state index contributed by atoms with van der Waals surface area (Å²) in [6.07, 6.45) is 0. The molecule has 0 aliphatic rings. The number of hydrogen-bond acceptors (Lipinski definition) is 6. The number of rotatable bonds is 6. The van der Waals surface area contributed by atoms with Crippen LogP contribution in [0.15, 0.2) is 40.7 Å². The summed E-state index contributed by atoms with van der Waals surface area (Å²) in [5.41, 5.74) is 3.18. The molecule has 0 aliphatic carbocycles. The van der Waals surface area contributed by atoms with E-state index in [1.54, 1.807) is 12.1 Å². The first kappa shape index (κ1) is 21.6. The Bertz CT molecular complexity index is 1070. The van der Waals surface area contributed by atoms with E-state index in [-0.39, 0.29) is 22.2 Å². The minimum atomic E-state index is -0.433. The molecule has 2 amide bonds. The van der Waals surface area contributed by atoms with Crippen molar-refractivity contribution in [1.29, 1.82) is 0 Å². The van der Waals surface area contributed by atoms with Crippen LogP contribution in [0.2, 0.25) is 10.0 Å². The van der Waals surface area contributed by atoms with E-state index >= 15 is 0 Å². The molecule has 0 bridgehead atoms. The van der Waals surface area contributed by atoms with Crippen LogP contribution in [0.5, 0.6) is 0 Å². The topological polar surface area (TPSA) is 84.0 Å². The summed E-state index contributed by atoms with van der Waals surface area (Å²) in [4.78, 5) is 24.6. The van der Waals surface area contributed by atoms with E-state index in [2.05, 4.69) is 20.8 Å². The second kappa shape index (κ2) is 9.58. The summed E-state index contributed by atoms with van der Waals surface area (Å²) in [6.45, 7) is 3.96. The van der Waals surface area contributed by atoms with Crippen molar-refractivity contribution in [3.8, 4) is 0 Å². The van der Waals surface area contributed by atoms with Gasteiger partial charge in [0.15, 0.2) is 4.34 Å². The van der Waals surface area contributed by atoms with Crippen LogP contribution in [-0.4, -0.2) is 27.8 Å². The average Bonchev–Trinajstić information content (AvgIpc) is 3.13. The summed E-state index contributed by atoms with van der Waals surface area (Å²) in [7, 11) is 0. The predicted molar refractivity (Wildman–Crippen MR) is 120 cm³/mol. The molecule has 3 aromatic rings. The Kier molecular flexibility index (Phi) is 7.13. The van der Waals surface area contributed by atoms with Crippen molar-refractivity contribution in [2.75, 3.05) is 16.4 Å². The fourth-order valence-electron chi connectivity index (χ4n) is 2.35. The molecular formula is C19H16Cl2N4O2S2. The molecule has 0 fully saturated rings. The summed E-state index contributed by atoms with van der Waals surface area (Å²) in [5, 5.41) is 14.5. The van der Waals surface area contributed by atoms with E-state index < -0.39 is 5.91 Å². The van der Waals surface area contributed by atoms with Crippen molar-refractivity contribution >= 4 is 68.9 Å². The van der Waals surface area contributed by atoms with Crippen molar-refractivity contribution in [3.05, 3.63) is 63.1 Å². The van der Waals surface area contributed by atoms with Gasteiger partial charge in [0.05, 0.1) is 16.3 Å². The maximum absolute atomic E-state index is 12.3. The van der Waals surface area contributed by atoms with Gasteiger partial charge in [-0.25, -0.2) is 0 Å². The monoisotopic (exact) mass is 466 g/mol. The first-order valence-electron chi connectivity index (χ1n) is 8.42. The Morgan fingerprint density at radius 2 is 1.90 bits per heavy atom. The Morgan fingerprint density at radius 1 is 1.10 bits per heavy atom. The van der Waals surface area contributed by atoms with E-state index in [1.807, 2.05) is 32.0 Å². The largest absolute Gasteiger partial charge is 0.325 e. The van der Waals surface area contributed by atoms with Gasteiger partial charge in [-0.15, -0.1) is 10.2 Å². The van der Waals surface area contributed by atoms with Crippen molar-refractivity contribution in [1.82, 2.24) is 10.2 Å². The van der Waals surface area contributed by atoms with Crippen molar-refractivity contribution in [2.45, 2.75) is 18.2 Å². The van der Waals surface area contributed by atoms with Gasteiger partial charge >= 0.3 is 0 Å². The van der Waals surface area contributed by atoms with Crippen LogP contribution in [0.1, 0.15) is 21.5 Å². The highest BCUT2D eigenvalue weighted by molar-refractivity contribution is 8.01. The molecule has 0 spiro atoms. The van der Waals surface area contributed by atoms with Crippen molar-refractivity contribution < 1.29 is 9.59 Å². The smallest absolute Gasteiger partial charge is 0.259 e. The number of nitrogens with zero attached hydrogens (tertiary/aromatic N) is 2. The number of aromatic nitrogens is 2. The lowest BCUT2D eigenvalue weighted by molar-refractivity contribution is -0.113. The average molecular weight is 467 g/mol. The van der Waals surface area contributed by atoms with Crippen LogP contribution in [0.25, 0.3) is 0 Å². The van der Waals surface area contributed by atoms with E-state index in [1.165, 1.54) is 29.2 Å². The highest BCUT2D eigenvalue weighted by Crippen LogP contribution is 2.27. The van der Waals surface area contributed by atoms with Gasteiger partial charge in [-0.3, -0.25) is 14.9 Å². The first-order valence-corrected chi connectivity index (χ1v) is 11.0. The van der Waals surface area contributed by atoms with Gasteiger partial charge in [-0.1, -0.05) is 58.4 Å². The van der Waals surface area contributed by atoms with Gasteiger partial charge in [0, 0.05) is 10.7 Å². The Labute approximate surface area is 186 Å². The predicted octanol–water partition coefficient (Wildman–Crippen LogP) is 5.44. The van der Waals surface area contributed by atoms with Crippen LogP contribution in [0.4, 0.5) is 10.8 Å². The molecule has 2 N–H and O–H groups in total. The normalized spacial score (nSPS) is 10.6. The number of hydrogen-bond donors (Lipinski definition) is 2. The molecule has 0 atom stereocenters. The Morgan fingerprint density at radius 3 is 2.69 bits per heavy atom. The Hall–Kier alpha value is -2.13. The lowest BCUT2D eigenvalue weighted by Gasteiger charge is -2.09. The zero-order valence-electron chi connectivity index (χ0n) is 15.5. The minimum Gasteiger partial charge on any atom is -0.325 e. The van der Waals surface area contributed by atoms with Crippen LogP contribution < -0.4 is 10.6 Å². The number of carbonyl (C=O) groups excluding carboxylic acids is 2. The standard InChI is InChI=1S/C19H16Cl2N4O2S2/c1-10-4-3-5-15(11(10)2)22-16(26)9-28-19-25-24-18(29-19)23-17(27)13-8-12(20)6-7-14(13)21/h3-8H,9H2,1-2H3,(H,22,26)(H,23,24,27). The molecule has 3 rings (SSSR count). The fourth-order valence-corrected chi connectivity index (χ4v) is 4.28. The molecule has 2 aromatic carbocycles. The number of anilines is 2. The number of amides is 2. The second-order valence-electron chi connectivity index (χ2n) is 6.04. The molecule has 0 unspecified atom stereocenters. The zero-order valence-corrected chi connectivity index (χ0v) is 18.6. The highest BCUT2D eigenvalue weighted by Gasteiger charge is 2.15. The quantitative estimate of drug-likeness (QED) is 0.372. The molecule has 150 valence electrons. The molecule has 0 saturated heterocycles. The number of thioether (sulfide) groups is 1. The first-order chi connectivity index (χ1) is 13.8. The van der Waals surface area contributed by atoms with Crippen LogP contribution in [0.3, 0.4) is 0 Å². The van der Waals surface area contributed by atoms with Gasteiger partial charge in [0.1, 0.15) is 0 Å². The van der Waals surface area contributed by atoms with E-state index in [4.69, 9.17) is 23.2 Å². The molecule has 6 nitrogen and oxygen atoms in total. The number of halogens is 2. The maximum atomic E-state index is 12.3. The summed E-state index contributed by atoms with van der Waals surface area (Å²) >= 11 is 14.4. The Balaban J connectivity index is 1.56. The molecule has 1 heterocycles. The second-order valence-corrected chi connectivity index (χ2v) is 9.08. The highest BCUT2D eigenvalue weighted by atomic mass is 35.5. The van der Waals surface area contributed by atoms with Crippen molar-refractivity contribution in [2.24, 2.45) is 0 Å². The van der Waals surface area contributed by atoms with E-state index in [9.17, 15) is 9.59 Å². The van der Waals surface area contributed by atoms with E-state index in [0.717, 1.165) is 16.8 Å². The maximum Gasteiger partial charge on any atom is 0.259 e. The van der Waals surface area contributed by atoms with Crippen LogP contribution in [0, 0.1) is 13.8 Å². The third-order valence-electron chi connectivity index (χ3n) is 4.01. The molecule has 0 radical (unpaired) electrons. The van der Waals surface area contributed by atoms with Crippen molar-refractivity contribution in [3.63, 3.8) is 0 Å². The van der Waals surface area contributed by atoms with Crippen LogP contribution >= 0.6 is 46.3 Å². The number of carbonyl (C=O) groups is 2. The molecule has 0 aliphatic heterocycles. The minimum absolute atomic E-state index is 0.143. The summed E-state index contributed by atoms with van der Waals surface area (Å²) in [5.74, 6) is -0.399. The van der Waals surface area contributed by atoms with Gasteiger partial charge in [0.25, 0.3) is 5.91 Å². The molecule has 29 heavy (non-hydrogen) atoms. The molecule has 10 heteroatoms. The summed E-state index contributed by atoms with van der Waals surface area (Å²) < 4.78 is 0.564. The zero-order chi connectivity index (χ0) is 21.0. The lowest BCUT2D eigenvalue weighted by atomic mass is 10.1. The van der Waals surface area contributed by atoms with Gasteiger partial charge in [-0.2, -0.15) is 0 Å². The SMILES string of the molecule is Cc1cccc(NC(=O)CSc2nnc(NC(=O)c3cc(Cl)ccc3Cl)s2)c1C. The molecular weight excluding hydrogens is 451 g/mol. The number of aryl methyl sites for hydroxylation is 1. The van der Waals surface area contributed by atoms with Gasteiger partial charge < -0.3 is 5.32 Å². The molecule has 1 aromatic heterocycles. The van der Waals surface area contributed by atoms with Gasteiger partial charge in [0.2, 0.25) is 11.0 Å². The third kappa shape index (κ3) is 5.70. The third-order valence-corrected chi connectivity index (χ3v) is 6.54. The molecule has 0 saturated carbocycles. The number of nitrogens with one attached hydrogen (secondary N) is 2. The number of benzene rings is 2. The van der Waals surface area contributed by atoms with E-state index in [0.29, 0.717) is 14.5 Å². The van der Waals surface area contributed by atoms with Gasteiger partial charge in [-0.05, 0) is 49.2 Å². The fraction of sp³-hybridized carbons (Fsp3) is 0.158. The van der Waals surface area contributed by atoms with Crippen LogP contribution in [-0.2, 0) is 4.79 Å². The lowest BCUT2D eigenvalue weighted by Crippen LogP contribution is -2.15.